The van der Waals surface area contributed by atoms with Crippen LogP contribution in [0.25, 0.3) is 0 Å². The molecule has 102 valence electrons. The van der Waals surface area contributed by atoms with E-state index in [9.17, 15) is 8.42 Å². The lowest BCUT2D eigenvalue weighted by Gasteiger charge is -2.07. The highest BCUT2D eigenvalue weighted by Gasteiger charge is 2.14. The predicted octanol–water partition coefficient (Wildman–Crippen LogP) is 1.34. The van der Waals surface area contributed by atoms with Gasteiger partial charge in [-0.3, -0.25) is 0 Å². The number of nitrogens with one attached hydrogen (secondary N) is 2. The maximum Gasteiger partial charge on any atom is 0.240 e. The van der Waals surface area contributed by atoms with E-state index in [1.54, 1.807) is 23.7 Å². The van der Waals surface area contributed by atoms with Gasteiger partial charge in [0.25, 0.3) is 0 Å². The Morgan fingerprint density at radius 1 is 1.32 bits per heavy atom. The van der Waals surface area contributed by atoms with Gasteiger partial charge >= 0.3 is 0 Å². The van der Waals surface area contributed by atoms with Crippen molar-refractivity contribution in [2.75, 3.05) is 7.05 Å². The first kappa shape index (κ1) is 14.1. The zero-order chi connectivity index (χ0) is 13.7. The number of thiazole rings is 1. The first-order chi connectivity index (χ1) is 9.12. The molecule has 1 heterocycles. The highest BCUT2D eigenvalue weighted by atomic mass is 32.2. The molecular formula is C12H15N3O2S2. The SMILES string of the molecule is CNCc1cccc(S(=O)(=O)NCc2cscn2)c1. The van der Waals surface area contributed by atoms with Crippen LogP contribution in [0.2, 0.25) is 0 Å². The first-order valence-electron chi connectivity index (χ1n) is 5.72. The molecule has 19 heavy (non-hydrogen) atoms. The molecule has 0 amide bonds. The van der Waals surface area contributed by atoms with Gasteiger partial charge < -0.3 is 5.32 Å². The number of rotatable bonds is 6. The van der Waals surface area contributed by atoms with Crippen molar-refractivity contribution in [3.8, 4) is 0 Å². The summed E-state index contributed by atoms with van der Waals surface area (Å²) in [7, 11) is -1.67. The predicted molar refractivity (Wildman–Crippen MR) is 75.3 cm³/mol. The van der Waals surface area contributed by atoms with Crippen LogP contribution in [0.4, 0.5) is 0 Å². The smallest absolute Gasteiger partial charge is 0.240 e. The molecule has 0 spiro atoms. The van der Waals surface area contributed by atoms with E-state index in [2.05, 4.69) is 15.0 Å². The minimum Gasteiger partial charge on any atom is -0.316 e. The average molecular weight is 297 g/mol. The Bertz CT molecular complexity index is 624. The summed E-state index contributed by atoms with van der Waals surface area (Å²) in [6.07, 6.45) is 0. The maximum atomic E-state index is 12.1. The van der Waals surface area contributed by atoms with Crippen molar-refractivity contribution < 1.29 is 8.42 Å². The number of benzene rings is 1. The van der Waals surface area contributed by atoms with Crippen molar-refractivity contribution in [2.45, 2.75) is 18.0 Å². The van der Waals surface area contributed by atoms with Gasteiger partial charge in [-0.05, 0) is 24.7 Å². The van der Waals surface area contributed by atoms with Crippen molar-refractivity contribution in [2.24, 2.45) is 0 Å². The Labute approximate surface area is 116 Å². The van der Waals surface area contributed by atoms with Gasteiger partial charge in [-0.25, -0.2) is 18.1 Å². The summed E-state index contributed by atoms with van der Waals surface area (Å²) in [4.78, 5) is 4.32. The van der Waals surface area contributed by atoms with Crippen LogP contribution in [0.3, 0.4) is 0 Å². The summed E-state index contributed by atoms with van der Waals surface area (Å²) in [5.74, 6) is 0. The van der Waals surface area contributed by atoms with Gasteiger partial charge in [0.1, 0.15) is 0 Å². The highest BCUT2D eigenvalue weighted by Crippen LogP contribution is 2.12. The third kappa shape index (κ3) is 3.84. The lowest BCUT2D eigenvalue weighted by molar-refractivity contribution is 0.580. The number of hydrogen-bond donors (Lipinski definition) is 2. The van der Waals surface area contributed by atoms with Gasteiger partial charge in [-0.2, -0.15) is 0 Å². The number of hydrogen-bond acceptors (Lipinski definition) is 5. The molecule has 0 saturated heterocycles. The normalized spacial score (nSPS) is 11.6. The minimum atomic E-state index is -3.49. The Morgan fingerprint density at radius 3 is 2.84 bits per heavy atom. The fraction of sp³-hybridized carbons (Fsp3) is 0.250. The molecule has 1 aromatic heterocycles. The van der Waals surface area contributed by atoms with Gasteiger partial charge in [0.15, 0.2) is 0 Å². The summed E-state index contributed by atoms with van der Waals surface area (Å²) in [5, 5.41) is 4.81. The standard InChI is InChI=1S/C12H15N3O2S2/c1-13-6-10-3-2-4-12(5-10)19(16,17)15-7-11-8-18-9-14-11/h2-5,8-9,13,15H,6-7H2,1H3. The van der Waals surface area contributed by atoms with Crippen LogP contribution >= 0.6 is 11.3 Å². The summed E-state index contributed by atoms with van der Waals surface area (Å²) in [6, 6.07) is 6.88. The summed E-state index contributed by atoms with van der Waals surface area (Å²) in [6.45, 7) is 0.845. The van der Waals surface area contributed by atoms with Crippen LogP contribution in [0.5, 0.6) is 0 Å². The topological polar surface area (TPSA) is 71.1 Å². The molecule has 7 heteroatoms. The highest BCUT2D eigenvalue weighted by molar-refractivity contribution is 7.89. The van der Waals surface area contributed by atoms with Gasteiger partial charge in [0.2, 0.25) is 10.0 Å². The second kappa shape index (κ2) is 6.25. The molecule has 2 aromatic rings. The molecule has 0 fully saturated rings. The first-order valence-corrected chi connectivity index (χ1v) is 8.15. The van der Waals surface area contributed by atoms with E-state index < -0.39 is 10.0 Å². The van der Waals surface area contributed by atoms with E-state index in [4.69, 9.17) is 0 Å². The molecule has 2 rings (SSSR count). The third-order valence-corrected chi connectivity index (χ3v) is 4.55. The quantitative estimate of drug-likeness (QED) is 0.844. The molecule has 0 aliphatic heterocycles. The van der Waals surface area contributed by atoms with Crippen molar-refractivity contribution in [3.63, 3.8) is 0 Å². The van der Waals surface area contributed by atoms with Crippen LogP contribution in [-0.4, -0.2) is 20.4 Å². The molecule has 0 unspecified atom stereocenters. The Morgan fingerprint density at radius 2 is 2.16 bits per heavy atom. The Kier molecular flexibility index (Phi) is 4.65. The molecule has 0 radical (unpaired) electrons. The van der Waals surface area contributed by atoms with E-state index in [-0.39, 0.29) is 11.4 Å². The third-order valence-electron chi connectivity index (χ3n) is 2.52. The molecule has 0 saturated carbocycles. The van der Waals surface area contributed by atoms with Gasteiger partial charge in [-0.15, -0.1) is 11.3 Å². The molecule has 0 atom stereocenters. The van der Waals surface area contributed by atoms with Crippen molar-refractivity contribution >= 4 is 21.4 Å². The molecule has 0 aliphatic rings. The summed E-state index contributed by atoms with van der Waals surface area (Å²) >= 11 is 1.44. The number of nitrogens with zero attached hydrogens (tertiary/aromatic N) is 1. The lowest BCUT2D eigenvalue weighted by atomic mass is 10.2. The van der Waals surface area contributed by atoms with Crippen LogP contribution in [0, 0.1) is 0 Å². The van der Waals surface area contributed by atoms with Crippen molar-refractivity contribution in [1.29, 1.82) is 0 Å². The summed E-state index contributed by atoms with van der Waals surface area (Å²) in [5.41, 5.74) is 3.33. The zero-order valence-electron chi connectivity index (χ0n) is 10.5. The van der Waals surface area contributed by atoms with Gasteiger partial charge in [-0.1, -0.05) is 12.1 Å². The number of aromatic nitrogens is 1. The second-order valence-electron chi connectivity index (χ2n) is 3.98. The van der Waals surface area contributed by atoms with Crippen LogP contribution in [0.1, 0.15) is 11.3 Å². The largest absolute Gasteiger partial charge is 0.316 e. The fourth-order valence-corrected chi connectivity index (χ4v) is 3.23. The fourth-order valence-electron chi connectivity index (χ4n) is 1.60. The maximum absolute atomic E-state index is 12.1. The van der Waals surface area contributed by atoms with Crippen molar-refractivity contribution in [3.05, 3.63) is 46.4 Å². The van der Waals surface area contributed by atoms with E-state index in [0.717, 1.165) is 11.3 Å². The molecule has 5 nitrogen and oxygen atoms in total. The van der Waals surface area contributed by atoms with E-state index in [0.29, 0.717) is 6.54 Å². The van der Waals surface area contributed by atoms with Crippen LogP contribution < -0.4 is 10.0 Å². The van der Waals surface area contributed by atoms with E-state index >= 15 is 0 Å². The molecular weight excluding hydrogens is 282 g/mol. The Hall–Kier alpha value is -1.28. The van der Waals surface area contributed by atoms with Crippen LogP contribution in [0.15, 0.2) is 40.1 Å². The number of sulfonamides is 1. The monoisotopic (exact) mass is 297 g/mol. The average Bonchev–Trinajstić information content (AvgIpc) is 2.90. The van der Waals surface area contributed by atoms with E-state index in [1.807, 2.05) is 18.5 Å². The molecule has 1 aromatic carbocycles. The molecule has 0 aliphatic carbocycles. The minimum absolute atomic E-state index is 0.210. The Balaban J connectivity index is 2.12. The zero-order valence-corrected chi connectivity index (χ0v) is 12.1. The molecule has 2 N–H and O–H groups in total. The lowest BCUT2D eigenvalue weighted by Crippen LogP contribution is -2.23. The summed E-state index contributed by atoms with van der Waals surface area (Å²) < 4.78 is 26.8. The molecule has 0 bridgehead atoms. The van der Waals surface area contributed by atoms with Crippen LogP contribution in [-0.2, 0) is 23.1 Å². The van der Waals surface area contributed by atoms with E-state index in [1.165, 1.54) is 11.3 Å². The van der Waals surface area contributed by atoms with Gasteiger partial charge in [0.05, 0.1) is 22.6 Å². The van der Waals surface area contributed by atoms with Crippen molar-refractivity contribution in [1.82, 2.24) is 15.0 Å². The van der Waals surface area contributed by atoms with Gasteiger partial charge in [0, 0.05) is 11.9 Å². The second-order valence-corrected chi connectivity index (χ2v) is 6.47.